The molecule has 3 heterocycles. The van der Waals surface area contributed by atoms with Gasteiger partial charge in [0.25, 0.3) is 11.8 Å². The van der Waals surface area contributed by atoms with Crippen molar-refractivity contribution in [3.05, 3.63) is 71.2 Å². The van der Waals surface area contributed by atoms with E-state index < -0.39 is 18.0 Å². The van der Waals surface area contributed by atoms with Crippen LogP contribution in [-0.4, -0.2) is 75.7 Å². The lowest BCUT2D eigenvalue weighted by molar-refractivity contribution is -0.148. The summed E-state index contributed by atoms with van der Waals surface area (Å²) < 4.78 is 24.5. The minimum atomic E-state index is -1.26. The van der Waals surface area contributed by atoms with Crippen LogP contribution < -0.4 is 4.90 Å². The summed E-state index contributed by atoms with van der Waals surface area (Å²) in [5, 5.41) is 20.7. The minimum absolute atomic E-state index is 0.0243. The number of amides is 2. The molecule has 1 unspecified atom stereocenters. The third-order valence-corrected chi connectivity index (χ3v) is 8.79. The molecule has 268 valence electrons. The molecular formula is C37H44FN3O9. The first-order chi connectivity index (χ1) is 24.0. The maximum Gasteiger partial charge on any atom is 0.328 e. The summed E-state index contributed by atoms with van der Waals surface area (Å²) >= 11 is 0. The molecule has 2 N–H and O–H groups in total. The molecule has 2 aromatic carbocycles. The first-order valence-corrected chi connectivity index (χ1v) is 17.1. The number of anilines is 1. The number of benzene rings is 2. The highest BCUT2D eigenvalue weighted by Crippen LogP contribution is 2.37. The minimum Gasteiger partial charge on any atom is -0.478 e. The molecule has 0 bridgehead atoms. The predicted molar refractivity (Wildman–Crippen MR) is 183 cm³/mol. The van der Waals surface area contributed by atoms with Gasteiger partial charge in [-0.05, 0) is 50.5 Å². The quantitative estimate of drug-likeness (QED) is 0.0749. The molecule has 0 saturated carbocycles. The first kappa shape index (κ1) is 37.7. The molecule has 2 aliphatic rings. The van der Waals surface area contributed by atoms with E-state index in [4.69, 9.17) is 19.5 Å². The molecule has 0 radical (unpaired) electrons. The number of aliphatic carboxylic acids is 2. The van der Waals surface area contributed by atoms with E-state index in [9.17, 15) is 28.4 Å². The number of hydrogen-bond acceptors (Lipinski definition) is 9. The second-order valence-corrected chi connectivity index (χ2v) is 12.6. The Balaban J connectivity index is 0.000000627. The van der Waals surface area contributed by atoms with Gasteiger partial charge in [0.05, 0.1) is 29.1 Å². The molecule has 1 fully saturated rings. The highest BCUT2D eigenvalue weighted by molar-refractivity contribution is 6.23. The fourth-order valence-electron chi connectivity index (χ4n) is 6.31. The van der Waals surface area contributed by atoms with Crippen LogP contribution in [0.3, 0.4) is 0 Å². The molecule has 1 atom stereocenters. The largest absolute Gasteiger partial charge is 0.478 e. The number of hydrogen-bond donors (Lipinski definition) is 2. The Hall–Kier alpha value is -5.07. The van der Waals surface area contributed by atoms with Gasteiger partial charge in [-0.3, -0.25) is 19.3 Å². The van der Waals surface area contributed by atoms with Crippen molar-refractivity contribution in [1.82, 2.24) is 10.1 Å². The molecule has 1 saturated heterocycles. The molecule has 12 nitrogen and oxygen atoms in total. The van der Waals surface area contributed by atoms with Crippen LogP contribution in [0.1, 0.15) is 110 Å². The lowest BCUT2D eigenvalue weighted by Crippen LogP contribution is -2.38. The molecule has 0 aliphatic carbocycles. The van der Waals surface area contributed by atoms with Crippen LogP contribution in [-0.2, 0) is 19.1 Å². The molecule has 0 spiro atoms. The molecular weight excluding hydrogens is 649 g/mol. The summed E-state index contributed by atoms with van der Waals surface area (Å²) in [6, 6.07) is 9.84. The Morgan fingerprint density at radius 2 is 1.64 bits per heavy atom. The Labute approximate surface area is 289 Å². The number of unbranched alkanes of at least 4 members (excludes halogenated alkanes) is 6. The summed E-state index contributed by atoms with van der Waals surface area (Å²) in [5.74, 6) is -3.73. The summed E-state index contributed by atoms with van der Waals surface area (Å²) in [6.45, 7) is 5.28. The van der Waals surface area contributed by atoms with E-state index >= 15 is 0 Å². The van der Waals surface area contributed by atoms with Crippen LogP contribution in [0.4, 0.5) is 10.1 Å². The highest BCUT2D eigenvalue weighted by Gasteiger charge is 2.40. The molecule has 5 rings (SSSR count). The number of ether oxygens (including phenoxy) is 1. The average Bonchev–Trinajstić information content (AvgIpc) is 3.61. The van der Waals surface area contributed by atoms with Crippen molar-refractivity contribution in [2.45, 2.75) is 90.1 Å². The lowest BCUT2D eigenvalue weighted by atomic mass is 9.91. The zero-order valence-electron chi connectivity index (χ0n) is 28.4. The molecule has 2 amide bonds. The maximum atomic E-state index is 13.6. The number of nitrogens with zero attached hydrogens (tertiary/aromatic N) is 3. The van der Waals surface area contributed by atoms with E-state index in [1.54, 1.807) is 25.1 Å². The SMILES string of the molecule is CCCCCCCCCC(=O)OC(C)CN1C(=O)c2cccc(N3CCC(c4noc5cc(F)ccc45)CC3)c2C1=O.O=C(O)/C=C/C(=O)O. The third-order valence-electron chi connectivity index (χ3n) is 8.79. The Bertz CT molecular complexity index is 1700. The number of carboxylic acids is 2. The monoisotopic (exact) mass is 693 g/mol. The van der Waals surface area contributed by atoms with Crippen LogP contribution in [0.25, 0.3) is 11.0 Å². The number of fused-ring (bicyclic) bond motifs is 2. The van der Waals surface area contributed by atoms with Crippen LogP contribution in [0.5, 0.6) is 0 Å². The van der Waals surface area contributed by atoms with Crippen LogP contribution >= 0.6 is 0 Å². The van der Waals surface area contributed by atoms with Gasteiger partial charge in [-0.2, -0.15) is 0 Å². The van der Waals surface area contributed by atoms with Gasteiger partial charge in [-0.25, -0.2) is 14.0 Å². The van der Waals surface area contributed by atoms with Crippen LogP contribution in [0, 0.1) is 5.82 Å². The highest BCUT2D eigenvalue weighted by atomic mass is 19.1. The topological polar surface area (TPSA) is 168 Å². The Morgan fingerprint density at radius 3 is 2.30 bits per heavy atom. The molecule has 2 aliphatic heterocycles. The van der Waals surface area contributed by atoms with E-state index in [1.807, 2.05) is 6.07 Å². The van der Waals surface area contributed by atoms with E-state index in [2.05, 4.69) is 17.0 Å². The van der Waals surface area contributed by atoms with Gasteiger partial charge in [0.15, 0.2) is 5.58 Å². The van der Waals surface area contributed by atoms with Crippen molar-refractivity contribution < 1.29 is 47.8 Å². The molecule has 50 heavy (non-hydrogen) atoms. The summed E-state index contributed by atoms with van der Waals surface area (Å²) in [7, 11) is 0. The second kappa shape index (κ2) is 18.1. The van der Waals surface area contributed by atoms with E-state index in [-0.39, 0.29) is 36.1 Å². The van der Waals surface area contributed by atoms with Crippen molar-refractivity contribution in [2.75, 3.05) is 24.5 Å². The number of rotatable bonds is 15. The van der Waals surface area contributed by atoms with Crippen LogP contribution in [0.15, 0.2) is 53.1 Å². The fourth-order valence-corrected chi connectivity index (χ4v) is 6.31. The number of imide groups is 1. The van der Waals surface area contributed by atoms with Gasteiger partial charge >= 0.3 is 17.9 Å². The van der Waals surface area contributed by atoms with Crippen molar-refractivity contribution in [3.63, 3.8) is 0 Å². The van der Waals surface area contributed by atoms with Gasteiger partial charge in [0.2, 0.25) is 0 Å². The zero-order valence-corrected chi connectivity index (χ0v) is 28.4. The Morgan fingerprint density at radius 1 is 0.980 bits per heavy atom. The molecule has 3 aromatic rings. The van der Waals surface area contributed by atoms with E-state index in [0.29, 0.717) is 48.4 Å². The normalized spacial score (nSPS) is 15.3. The van der Waals surface area contributed by atoms with Gasteiger partial charge < -0.3 is 24.4 Å². The standard InChI is InChI=1S/C33H40FN3O5.C4H4O4/c1-3-4-5-6-7-8-9-13-29(38)41-22(2)21-37-32(39)26-11-10-12-27(30(26)33(37)40)36-18-16-23(17-19-36)31-25-15-14-24(34)20-28(25)42-35-31;5-3(6)1-2-4(7)8/h10-12,14-15,20,22-23H,3-9,13,16-19,21H2,1-2H3;1-2H,(H,5,6)(H,7,8)/b;2-1+. The van der Waals surface area contributed by atoms with Gasteiger partial charge in [0, 0.05) is 49.0 Å². The maximum absolute atomic E-state index is 13.6. The van der Waals surface area contributed by atoms with Crippen molar-refractivity contribution >= 4 is 46.4 Å². The number of halogens is 1. The third kappa shape index (κ3) is 9.99. The first-order valence-electron chi connectivity index (χ1n) is 17.1. The second-order valence-electron chi connectivity index (χ2n) is 12.6. The van der Waals surface area contributed by atoms with Crippen LogP contribution in [0.2, 0.25) is 0 Å². The van der Waals surface area contributed by atoms with Crippen molar-refractivity contribution in [3.8, 4) is 0 Å². The smallest absolute Gasteiger partial charge is 0.328 e. The lowest BCUT2D eigenvalue weighted by Gasteiger charge is -2.33. The fraction of sp³-hybridized carbons (Fsp3) is 0.459. The predicted octanol–water partition coefficient (Wildman–Crippen LogP) is 6.73. The number of aromatic nitrogens is 1. The van der Waals surface area contributed by atoms with Gasteiger partial charge in [-0.1, -0.05) is 56.7 Å². The molecule has 1 aromatic heterocycles. The summed E-state index contributed by atoms with van der Waals surface area (Å²) in [4.78, 5) is 61.6. The number of esters is 1. The van der Waals surface area contributed by atoms with E-state index in [0.717, 1.165) is 48.9 Å². The number of carbonyl (C=O) groups excluding carboxylic acids is 3. The number of carbonyl (C=O) groups is 5. The van der Waals surface area contributed by atoms with Gasteiger partial charge in [-0.15, -0.1) is 0 Å². The number of piperidine rings is 1. The summed E-state index contributed by atoms with van der Waals surface area (Å²) in [5.41, 5.74) is 2.80. The van der Waals surface area contributed by atoms with E-state index in [1.165, 1.54) is 42.7 Å². The number of carboxylic acid groups (broad SMARTS) is 2. The Kier molecular flexibility index (Phi) is 13.6. The van der Waals surface area contributed by atoms with Crippen molar-refractivity contribution in [1.29, 1.82) is 0 Å². The summed E-state index contributed by atoms with van der Waals surface area (Å²) in [6.07, 6.45) is 10.2. The molecule has 13 heteroatoms. The average molecular weight is 694 g/mol. The van der Waals surface area contributed by atoms with Gasteiger partial charge in [0.1, 0.15) is 11.9 Å². The zero-order chi connectivity index (χ0) is 36.2. The van der Waals surface area contributed by atoms with Crippen molar-refractivity contribution in [2.24, 2.45) is 0 Å².